The molecule has 0 heteroatoms. The first-order valence-corrected chi connectivity index (χ1v) is 14.2. The number of rotatable bonds is 3. The van der Waals surface area contributed by atoms with Crippen LogP contribution in [0.4, 0.5) is 0 Å². The second-order valence-electron chi connectivity index (χ2n) is 10.6. The Bertz CT molecular complexity index is 4060. The molecule has 10 aromatic carbocycles. The fourth-order valence-electron chi connectivity index (χ4n) is 6.36. The van der Waals surface area contributed by atoms with E-state index < -0.39 is 199 Å². The largest absolute Gasteiger partial charge is 0.0630 e. The minimum atomic E-state index is -0.863. The molecular formula is C46H28. The molecule has 0 nitrogen and oxygen atoms in total. The summed E-state index contributed by atoms with van der Waals surface area (Å²) in [6.07, 6.45) is 0. The molecule has 0 spiro atoms. The summed E-state index contributed by atoms with van der Waals surface area (Å²) in [6, 6.07) is -10.1. The van der Waals surface area contributed by atoms with Gasteiger partial charge in [-0.15, -0.1) is 0 Å². The maximum Gasteiger partial charge on any atom is 0.0630 e. The summed E-state index contributed by atoms with van der Waals surface area (Å²) in [5.74, 6) is 0. The third-order valence-electron chi connectivity index (χ3n) is 8.25. The van der Waals surface area contributed by atoms with Gasteiger partial charge in [0.05, 0.1) is 31.5 Å². The van der Waals surface area contributed by atoms with Crippen molar-refractivity contribution in [3.8, 4) is 33.4 Å². The van der Waals surface area contributed by atoms with Crippen molar-refractivity contribution in [3.05, 3.63) is 169 Å². The lowest BCUT2D eigenvalue weighted by Crippen LogP contribution is -1.94. The monoisotopic (exact) mass is 603 g/mol. The van der Waals surface area contributed by atoms with Crippen LogP contribution in [0.1, 0.15) is 31.5 Å². The quantitative estimate of drug-likeness (QED) is 0.139. The van der Waals surface area contributed by atoms with E-state index >= 15 is 0 Å². The zero-order valence-corrected chi connectivity index (χ0v) is 23.4. The highest BCUT2D eigenvalue weighted by Crippen LogP contribution is 2.49. The molecule has 0 aromatic heterocycles. The van der Waals surface area contributed by atoms with Gasteiger partial charge in [-0.3, -0.25) is 0 Å². The van der Waals surface area contributed by atoms with Gasteiger partial charge in [0.25, 0.3) is 0 Å². The van der Waals surface area contributed by atoms with Crippen molar-refractivity contribution in [1.82, 2.24) is 0 Å². The lowest BCUT2D eigenvalue weighted by molar-refractivity contribution is 1.66. The van der Waals surface area contributed by atoms with Gasteiger partial charge in [-0.25, -0.2) is 0 Å². The van der Waals surface area contributed by atoms with E-state index in [1.54, 1.807) is 30.3 Å². The van der Waals surface area contributed by atoms with Crippen molar-refractivity contribution in [3.63, 3.8) is 0 Å². The Labute approximate surface area is 299 Å². The molecule has 0 amide bonds. The van der Waals surface area contributed by atoms with Gasteiger partial charge in [0.2, 0.25) is 0 Å². The smallest absolute Gasteiger partial charge is 0.0622 e. The van der Waals surface area contributed by atoms with E-state index in [0.717, 1.165) is 0 Å². The van der Waals surface area contributed by atoms with Crippen LogP contribution in [0.15, 0.2) is 169 Å². The van der Waals surface area contributed by atoms with Crippen LogP contribution in [-0.2, 0) is 0 Å². The Morgan fingerprint density at radius 2 is 0.848 bits per heavy atom. The predicted octanol–water partition coefficient (Wildman–Crippen LogP) is 13.0. The van der Waals surface area contributed by atoms with E-state index in [0.29, 0.717) is 0 Å². The van der Waals surface area contributed by atoms with Crippen LogP contribution in [0.3, 0.4) is 0 Å². The Hall–Kier alpha value is -5.98. The lowest BCUT2D eigenvalue weighted by atomic mass is 9.81. The maximum absolute atomic E-state index is 9.85. The van der Waals surface area contributed by atoms with Crippen molar-refractivity contribution in [2.45, 2.75) is 0 Å². The summed E-state index contributed by atoms with van der Waals surface area (Å²) in [6.45, 7) is 0. The lowest BCUT2D eigenvalue weighted by Gasteiger charge is -2.21. The van der Waals surface area contributed by atoms with E-state index in [4.69, 9.17) is 13.7 Å². The topological polar surface area (TPSA) is 0 Å². The molecule has 0 fully saturated rings. The second kappa shape index (κ2) is 9.76. The molecule has 10 aromatic rings. The molecule has 0 aliphatic carbocycles. The van der Waals surface area contributed by atoms with Crippen molar-refractivity contribution >= 4 is 64.6 Å². The first-order valence-electron chi connectivity index (χ1n) is 25.7. The van der Waals surface area contributed by atoms with Crippen molar-refractivity contribution in [2.75, 3.05) is 0 Å². The normalized spacial score (nSPS) is 18.9. The summed E-state index contributed by atoms with van der Waals surface area (Å²) in [5, 5.41) is -4.92. The van der Waals surface area contributed by atoms with E-state index in [-0.39, 0.29) is 38.1 Å². The summed E-state index contributed by atoms with van der Waals surface area (Å²) < 4.78 is 210. The SMILES string of the molecule is [2H]c1c([2H])c([2H])c(-c2c([2H])c([2H])c3c([2H])c([2H])c4c(-c5c6c([2H])c([2H])c([2H])c([2H])c6c(-c6ccccc6)c6c([2H])c([2H])c7c([2H])c([2H])c([2H])c([2H])c7c56)c([2H])c([2H])c5c([2H])c([2H])c2c3c54)c([2H])c1[2H]. The fourth-order valence-corrected chi connectivity index (χ4v) is 6.36. The van der Waals surface area contributed by atoms with Crippen LogP contribution >= 0.6 is 0 Å². The fraction of sp³-hybridized carbons (Fsp3) is 0. The van der Waals surface area contributed by atoms with Crippen LogP contribution in [0, 0.1) is 0 Å². The predicted molar refractivity (Wildman–Crippen MR) is 199 cm³/mol. The maximum atomic E-state index is 9.85. The summed E-state index contributed by atoms with van der Waals surface area (Å²) in [4.78, 5) is 0. The van der Waals surface area contributed by atoms with Gasteiger partial charge >= 0.3 is 0 Å². The summed E-state index contributed by atoms with van der Waals surface area (Å²) >= 11 is 0. The molecule has 212 valence electrons. The summed E-state index contributed by atoms with van der Waals surface area (Å²) in [7, 11) is 0. The highest BCUT2D eigenvalue weighted by molar-refractivity contribution is 6.33. The molecule has 0 atom stereocenters. The van der Waals surface area contributed by atoms with E-state index in [9.17, 15) is 17.8 Å². The number of hydrogen-bond acceptors (Lipinski definition) is 0. The highest BCUT2D eigenvalue weighted by atomic mass is 14.2. The van der Waals surface area contributed by atoms with Gasteiger partial charge in [0, 0.05) is 0 Å². The molecule has 0 aliphatic heterocycles. The van der Waals surface area contributed by atoms with Crippen LogP contribution in [0.2, 0.25) is 0 Å². The Balaban J connectivity index is 1.62. The number of fused-ring (bicyclic) bond motifs is 4. The van der Waals surface area contributed by atoms with Crippen molar-refractivity contribution < 1.29 is 31.5 Å². The van der Waals surface area contributed by atoms with Gasteiger partial charge in [0.1, 0.15) is 0 Å². The third-order valence-corrected chi connectivity index (χ3v) is 8.25. The van der Waals surface area contributed by atoms with Gasteiger partial charge in [0.15, 0.2) is 0 Å². The van der Waals surface area contributed by atoms with Gasteiger partial charge in [-0.05, 0) is 98.0 Å². The first-order chi connectivity index (χ1) is 32.4. The molecular weight excluding hydrogens is 553 g/mol. The molecule has 46 heavy (non-hydrogen) atoms. The van der Waals surface area contributed by atoms with Crippen LogP contribution in [-0.4, -0.2) is 0 Å². The Morgan fingerprint density at radius 1 is 0.304 bits per heavy atom. The Morgan fingerprint density at radius 3 is 1.59 bits per heavy atom. The van der Waals surface area contributed by atoms with E-state index in [1.165, 1.54) is 0 Å². The Kier molecular flexibility index (Phi) is 2.49. The van der Waals surface area contributed by atoms with Crippen LogP contribution in [0.5, 0.6) is 0 Å². The minimum Gasteiger partial charge on any atom is -0.0622 e. The van der Waals surface area contributed by atoms with Gasteiger partial charge in [-0.2, -0.15) is 0 Å². The average molecular weight is 604 g/mol. The van der Waals surface area contributed by atoms with Crippen molar-refractivity contribution in [2.24, 2.45) is 0 Å². The van der Waals surface area contributed by atoms with E-state index in [1.807, 2.05) is 0 Å². The second-order valence-corrected chi connectivity index (χ2v) is 10.6. The van der Waals surface area contributed by atoms with Crippen LogP contribution in [0.25, 0.3) is 98.0 Å². The third kappa shape index (κ3) is 3.56. The first kappa shape index (κ1) is 11.7. The molecule has 10 rings (SSSR count). The van der Waals surface area contributed by atoms with Gasteiger partial charge in [-0.1, -0.05) is 169 Å². The number of benzene rings is 10. The average Bonchev–Trinajstić information content (AvgIpc) is 3.33. The summed E-state index contributed by atoms with van der Waals surface area (Å²) in [5.41, 5.74) is -2.07. The molecule has 0 N–H and O–H groups in total. The molecule has 0 saturated heterocycles. The highest BCUT2D eigenvalue weighted by Gasteiger charge is 2.21. The molecule has 0 aliphatic rings. The zero-order chi connectivity index (χ0) is 50.2. The van der Waals surface area contributed by atoms with Gasteiger partial charge < -0.3 is 0 Å². The zero-order valence-electron chi connectivity index (χ0n) is 46.4. The van der Waals surface area contributed by atoms with Crippen molar-refractivity contribution in [1.29, 1.82) is 0 Å². The molecule has 0 saturated carbocycles. The molecule has 0 heterocycles. The standard InChI is InChI=1S/C46H28/c1-3-11-29(12-4-1)34-24-20-32-22-26-39-40(27-23-33-21-25-38(34)43(32)44(33)39)46-37-18-10-9-17-36(37)42(31-14-5-2-6-15-31)41-28-19-30-13-7-8-16-35(30)45(41)46/h1-28H/i1D,3D,4D,7D,8D,9D,10D,11D,12D,13D,16D,17D,18D,19D,20D,21D,22D,23D,24D,25D,26D,27D,28D. The van der Waals surface area contributed by atoms with Crippen LogP contribution < -0.4 is 0 Å². The minimum absolute atomic E-state index is 0.0656. The molecule has 0 radical (unpaired) electrons. The molecule has 0 unspecified atom stereocenters. The number of hydrogen-bond donors (Lipinski definition) is 0. The molecule has 0 bridgehead atoms. The van der Waals surface area contributed by atoms with E-state index in [2.05, 4.69) is 0 Å².